The zero-order chi connectivity index (χ0) is 11.7. The van der Waals surface area contributed by atoms with E-state index in [1.165, 1.54) is 7.11 Å². The molecule has 1 N–H and O–H groups in total. The number of amides is 1. The van der Waals surface area contributed by atoms with Gasteiger partial charge < -0.3 is 9.64 Å². The van der Waals surface area contributed by atoms with Gasteiger partial charge in [0.1, 0.15) is 0 Å². The summed E-state index contributed by atoms with van der Waals surface area (Å²) in [5.74, 6) is 0. The van der Waals surface area contributed by atoms with E-state index in [2.05, 4.69) is 9.84 Å². The van der Waals surface area contributed by atoms with Gasteiger partial charge in [-0.25, -0.2) is 4.79 Å². The second-order valence-electron chi connectivity index (χ2n) is 3.88. The minimum Gasteiger partial charge on any atom is -0.453 e. The first-order valence-electron chi connectivity index (χ1n) is 5.23. The largest absolute Gasteiger partial charge is 0.453 e. The highest BCUT2D eigenvalue weighted by molar-refractivity contribution is 5.67. The molecule has 0 radical (unpaired) electrons. The second-order valence-corrected chi connectivity index (χ2v) is 3.88. The Labute approximate surface area is 92.8 Å². The van der Waals surface area contributed by atoms with Gasteiger partial charge >= 0.3 is 6.09 Å². The highest BCUT2D eigenvalue weighted by Gasteiger charge is 2.22. The lowest BCUT2D eigenvalue weighted by molar-refractivity contribution is 0.125. The van der Waals surface area contributed by atoms with Crippen molar-refractivity contribution in [2.45, 2.75) is 12.8 Å². The Kier molecular flexibility index (Phi) is 2.72. The molecule has 0 aliphatic carbocycles. The summed E-state index contributed by atoms with van der Waals surface area (Å²) in [5.41, 5.74) is 1.72. The van der Waals surface area contributed by atoms with Crippen LogP contribution >= 0.6 is 0 Å². The molecule has 0 aromatic carbocycles. The molecule has 6 nitrogen and oxygen atoms in total. The summed E-state index contributed by atoms with van der Waals surface area (Å²) in [6.45, 7) is 1.12. The van der Waals surface area contributed by atoms with Crippen LogP contribution in [0.3, 0.4) is 0 Å². The number of hydrogen-bond acceptors (Lipinski definition) is 3. The number of nitrogens with one attached hydrogen (secondary N) is 1. The van der Waals surface area contributed by atoms with Gasteiger partial charge in [0.25, 0.3) is 5.56 Å². The average molecular weight is 225 g/mol. The minimum atomic E-state index is -0.329. The number of fused-ring (bicyclic) bond motifs is 1. The number of nitrogens with zero attached hydrogens (tertiary/aromatic N) is 2. The second kappa shape index (κ2) is 4.03. The Hall–Kier alpha value is -1.72. The predicted octanol–water partition coefficient (Wildman–Crippen LogP) is -0.120. The maximum atomic E-state index is 11.6. The monoisotopic (exact) mass is 225 g/mol. The van der Waals surface area contributed by atoms with Crippen molar-refractivity contribution in [3.8, 4) is 0 Å². The summed E-state index contributed by atoms with van der Waals surface area (Å²) in [7, 11) is 3.18. The third-order valence-electron chi connectivity index (χ3n) is 2.98. The lowest BCUT2D eigenvalue weighted by Gasteiger charge is -2.18. The van der Waals surface area contributed by atoms with E-state index < -0.39 is 0 Å². The summed E-state index contributed by atoms with van der Waals surface area (Å²) >= 11 is 0. The Balaban J connectivity index is 2.23. The molecule has 1 amide bonds. The number of methoxy groups -OCH3 is 1. The van der Waals surface area contributed by atoms with E-state index in [1.807, 2.05) is 7.05 Å². The van der Waals surface area contributed by atoms with Gasteiger partial charge in [0, 0.05) is 37.8 Å². The van der Waals surface area contributed by atoms with Crippen LogP contribution in [0.4, 0.5) is 4.79 Å². The van der Waals surface area contributed by atoms with E-state index in [-0.39, 0.29) is 11.7 Å². The first-order chi connectivity index (χ1) is 7.63. The van der Waals surface area contributed by atoms with Gasteiger partial charge in [-0.05, 0) is 6.42 Å². The van der Waals surface area contributed by atoms with Crippen molar-refractivity contribution in [2.75, 3.05) is 20.2 Å². The standard InChI is InChI=1S/C10H15N3O3/c1-12-8-4-6-13(10(15)16-2)5-3-7(8)9(14)11-12/h3-6H2,1-2H3,(H,11,14). The molecule has 1 aromatic heterocycles. The van der Waals surface area contributed by atoms with Gasteiger partial charge in [-0.1, -0.05) is 0 Å². The number of aromatic nitrogens is 2. The van der Waals surface area contributed by atoms with Crippen LogP contribution in [0.1, 0.15) is 11.3 Å². The smallest absolute Gasteiger partial charge is 0.409 e. The first-order valence-corrected chi connectivity index (χ1v) is 5.23. The van der Waals surface area contributed by atoms with Crippen LogP contribution in [-0.4, -0.2) is 41.0 Å². The summed E-state index contributed by atoms with van der Waals surface area (Å²) in [5, 5.41) is 2.73. The molecule has 6 heteroatoms. The van der Waals surface area contributed by atoms with Crippen LogP contribution in [0, 0.1) is 0 Å². The number of carbonyl (C=O) groups is 1. The number of aryl methyl sites for hydroxylation is 1. The third-order valence-corrected chi connectivity index (χ3v) is 2.98. The number of carbonyl (C=O) groups excluding carboxylic acids is 1. The molecule has 0 bridgehead atoms. The molecule has 0 unspecified atom stereocenters. The fourth-order valence-corrected chi connectivity index (χ4v) is 2.11. The van der Waals surface area contributed by atoms with Crippen LogP contribution in [0.15, 0.2) is 4.79 Å². The van der Waals surface area contributed by atoms with E-state index in [9.17, 15) is 9.59 Å². The van der Waals surface area contributed by atoms with Gasteiger partial charge in [-0.3, -0.25) is 14.6 Å². The quantitative estimate of drug-likeness (QED) is 0.669. The fourth-order valence-electron chi connectivity index (χ4n) is 2.11. The summed E-state index contributed by atoms with van der Waals surface area (Å²) in [4.78, 5) is 24.6. The Morgan fingerprint density at radius 2 is 2.06 bits per heavy atom. The molecule has 2 heterocycles. The molecule has 0 saturated carbocycles. The van der Waals surface area contributed by atoms with Crippen molar-refractivity contribution >= 4 is 6.09 Å². The third kappa shape index (κ3) is 1.70. The number of hydrogen-bond donors (Lipinski definition) is 1. The Morgan fingerprint density at radius 1 is 1.38 bits per heavy atom. The Morgan fingerprint density at radius 3 is 2.75 bits per heavy atom. The van der Waals surface area contributed by atoms with E-state index in [1.54, 1.807) is 9.58 Å². The molecule has 0 fully saturated rings. The molecule has 0 atom stereocenters. The molecular formula is C10H15N3O3. The molecular weight excluding hydrogens is 210 g/mol. The number of rotatable bonds is 0. The summed E-state index contributed by atoms with van der Waals surface area (Å²) < 4.78 is 6.41. The van der Waals surface area contributed by atoms with Crippen molar-refractivity contribution in [1.82, 2.24) is 14.7 Å². The van der Waals surface area contributed by atoms with Gasteiger partial charge in [0.05, 0.1) is 7.11 Å². The van der Waals surface area contributed by atoms with Crippen LogP contribution in [0.2, 0.25) is 0 Å². The van der Waals surface area contributed by atoms with Crippen LogP contribution < -0.4 is 5.56 Å². The topological polar surface area (TPSA) is 67.3 Å². The molecule has 16 heavy (non-hydrogen) atoms. The predicted molar refractivity (Wildman–Crippen MR) is 57.4 cm³/mol. The highest BCUT2D eigenvalue weighted by atomic mass is 16.5. The van der Waals surface area contributed by atoms with Crippen molar-refractivity contribution < 1.29 is 9.53 Å². The maximum Gasteiger partial charge on any atom is 0.409 e. The number of H-pyrrole nitrogens is 1. The molecule has 2 rings (SSSR count). The van der Waals surface area contributed by atoms with E-state index in [0.717, 1.165) is 11.3 Å². The maximum absolute atomic E-state index is 11.6. The zero-order valence-corrected chi connectivity index (χ0v) is 9.45. The highest BCUT2D eigenvalue weighted by Crippen LogP contribution is 2.12. The zero-order valence-electron chi connectivity index (χ0n) is 9.45. The SMILES string of the molecule is COC(=O)N1CCc2c(n(C)[nH]c2=O)CC1. The van der Waals surface area contributed by atoms with Gasteiger partial charge in [0.15, 0.2) is 0 Å². The average Bonchev–Trinajstić information content (AvgIpc) is 2.46. The molecule has 1 aliphatic rings. The van der Waals surface area contributed by atoms with Crippen LogP contribution in [0.25, 0.3) is 0 Å². The fraction of sp³-hybridized carbons (Fsp3) is 0.600. The molecule has 1 aliphatic heterocycles. The number of aromatic amines is 1. The van der Waals surface area contributed by atoms with Gasteiger partial charge in [-0.15, -0.1) is 0 Å². The lowest BCUT2D eigenvalue weighted by atomic mass is 10.1. The van der Waals surface area contributed by atoms with E-state index in [0.29, 0.717) is 25.9 Å². The van der Waals surface area contributed by atoms with Gasteiger partial charge in [-0.2, -0.15) is 0 Å². The number of ether oxygens (including phenoxy) is 1. The lowest BCUT2D eigenvalue weighted by Crippen LogP contribution is -2.33. The molecule has 1 aromatic rings. The van der Waals surface area contributed by atoms with Crippen molar-refractivity contribution in [2.24, 2.45) is 7.05 Å². The van der Waals surface area contributed by atoms with Crippen LogP contribution in [0.5, 0.6) is 0 Å². The van der Waals surface area contributed by atoms with E-state index in [4.69, 9.17) is 0 Å². The summed E-state index contributed by atoms with van der Waals surface area (Å²) in [6, 6.07) is 0. The summed E-state index contributed by atoms with van der Waals surface area (Å²) in [6.07, 6.45) is 0.935. The molecule has 0 saturated heterocycles. The van der Waals surface area contributed by atoms with Crippen LogP contribution in [-0.2, 0) is 24.6 Å². The Bertz CT molecular complexity index is 460. The first kappa shape index (κ1) is 10.8. The minimum absolute atomic E-state index is 0.0517. The van der Waals surface area contributed by atoms with Crippen molar-refractivity contribution in [3.63, 3.8) is 0 Å². The molecule has 0 spiro atoms. The van der Waals surface area contributed by atoms with Crippen molar-refractivity contribution in [1.29, 1.82) is 0 Å². The normalized spacial score (nSPS) is 15.5. The van der Waals surface area contributed by atoms with Crippen molar-refractivity contribution in [3.05, 3.63) is 21.6 Å². The molecule has 88 valence electrons. The van der Waals surface area contributed by atoms with E-state index >= 15 is 0 Å². The van der Waals surface area contributed by atoms with Gasteiger partial charge in [0.2, 0.25) is 0 Å².